The molecule has 1 atom stereocenters. The van der Waals surface area contributed by atoms with Gasteiger partial charge in [0.05, 0.1) is 21.7 Å². The van der Waals surface area contributed by atoms with Crippen molar-refractivity contribution in [3.05, 3.63) is 138 Å². The number of piperazine rings is 1. The van der Waals surface area contributed by atoms with E-state index >= 15 is 0 Å². The number of aromatic nitrogens is 2. The monoisotopic (exact) mass is 816 g/mol. The molecule has 2 N–H and O–H groups in total. The van der Waals surface area contributed by atoms with Gasteiger partial charge in [-0.2, -0.15) is 5.26 Å². The van der Waals surface area contributed by atoms with Gasteiger partial charge in [-0.1, -0.05) is 66.2 Å². The van der Waals surface area contributed by atoms with Crippen molar-refractivity contribution in [3.8, 4) is 17.2 Å². The van der Waals surface area contributed by atoms with E-state index in [1.165, 1.54) is 29.6 Å². The lowest BCUT2D eigenvalue weighted by Crippen LogP contribution is -2.46. The Kier molecular flexibility index (Phi) is 12.9. The number of nitrogens with zero attached hydrogens (tertiary/aromatic N) is 6. The topological polar surface area (TPSA) is 117 Å². The lowest BCUT2D eigenvalue weighted by atomic mass is 9.99. The minimum absolute atomic E-state index is 0.0230. The molecular formula is C44H45ClN8O2S2. The lowest BCUT2D eigenvalue weighted by molar-refractivity contribution is 0.250. The van der Waals surface area contributed by atoms with Crippen molar-refractivity contribution in [1.29, 1.82) is 5.26 Å². The summed E-state index contributed by atoms with van der Waals surface area (Å²) in [6, 6.07) is 39.4. The van der Waals surface area contributed by atoms with Crippen LogP contribution in [0.1, 0.15) is 17.5 Å². The van der Waals surface area contributed by atoms with Gasteiger partial charge in [0, 0.05) is 65.5 Å². The van der Waals surface area contributed by atoms with E-state index < -0.39 is 10.0 Å². The zero-order valence-electron chi connectivity index (χ0n) is 32.0. The molecule has 292 valence electrons. The Morgan fingerprint density at radius 3 is 2.40 bits per heavy atom. The Bertz CT molecular complexity index is 2450. The van der Waals surface area contributed by atoms with Gasteiger partial charge in [0.15, 0.2) is 5.82 Å². The first-order valence-corrected chi connectivity index (χ1v) is 21.7. The molecule has 0 spiro atoms. The third-order valence-corrected chi connectivity index (χ3v) is 12.8. The highest BCUT2D eigenvalue weighted by Gasteiger charge is 2.22. The Balaban J connectivity index is 1.01. The molecular weight excluding hydrogens is 772 g/mol. The van der Waals surface area contributed by atoms with Crippen molar-refractivity contribution in [2.75, 3.05) is 67.5 Å². The summed E-state index contributed by atoms with van der Waals surface area (Å²) in [5.74, 6) is 0.960. The fraction of sp³-hybridized carbons (Fsp3) is 0.250. The predicted octanol–water partition coefficient (Wildman–Crippen LogP) is 8.47. The van der Waals surface area contributed by atoms with Crippen LogP contribution < -0.4 is 14.9 Å². The molecule has 2 heterocycles. The molecule has 1 aliphatic heterocycles. The van der Waals surface area contributed by atoms with Crippen LogP contribution >= 0.6 is 23.4 Å². The molecule has 57 heavy (non-hydrogen) atoms. The molecule has 1 unspecified atom stereocenters. The molecule has 1 aromatic heterocycles. The van der Waals surface area contributed by atoms with E-state index in [1.807, 2.05) is 62.6 Å². The number of hydrogen-bond donors (Lipinski definition) is 2. The Hall–Kier alpha value is -5.16. The van der Waals surface area contributed by atoms with E-state index in [1.54, 1.807) is 17.8 Å². The second-order valence-electron chi connectivity index (χ2n) is 14.3. The van der Waals surface area contributed by atoms with Crippen LogP contribution in [0, 0.1) is 11.3 Å². The number of rotatable bonds is 15. The molecule has 0 aliphatic carbocycles. The van der Waals surface area contributed by atoms with Crippen molar-refractivity contribution in [2.45, 2.75) is 28.8 Å². The van der Waals surface area contributed by atoms with E-state index in [-0.39, 0.29) is 22.3 Å². The van der Waals surface area contributed by atoms with Crippen LogP contribution in [0.25, 0.3) is 22.0 Å². The highest BCUT2D eigenvalue weighted by Crippen LogP contribution is 2.31. The van der Waals surface area contributed by atoms with Crippen LogP contribution in [0.4, 0.5) is 17.2 Å². The largest absolute Gasteiger partial charge is 0.380 e. The number of nitriles is 1. The molecule has 0 radical (unpaired) electrons. The zero-order chi connectivity index (χ0) is 39.8. The molecule has 0 saturated carbocycles. The average Bonchev–Trinajstić information content (AvgIpc) is 3.23. The maximum atomic E-state index is 13.7. The smallest absolute Gasteiger partial charge is 0.263 e. The molecule has 1 saturated heterocycles. The average molecular weight is 817 g/mol. The molecule has 1 aliphatic rings. The number of fused-ring (bicyclic) bond motifs is 1. The van der Waals surface area contributed by atoms with E-state index in [9.17, 15) is 13.7 Å². The van der Waals surface area contributed by atoms with Crippen LogP contribution in [0.3, 0.4) is 0 Å². The number of sulfonamides is 1. The fourth-order valence-corrected chi connectivity index (χ4v) is 9.11. The second-order valence-corrected chi connectivity index (χ2v) is 17.5. The van der Waals surface area contributed by atoms with Crippen molar-refractivity contribution in [2.24, 2.45) is 0 Å². The van der Waals surface area contributed by atoms with E-state index in [4.69, 9.17) is 11.6 Å². The summed E-state index contributed by atoms with van der Waals surface area (Å²) in [5, 5.41) is 14.9. The number of thioether (sulfide) groups is 1. The van der Waals surface area contributed by atoms with Gasteiger partial charge in [0.25, 0.3) is 10.0 Å². The zero-order valence-corrected chi connectivity index (χ0v) is 34.4. The van der Waals surface area contributed by atoms with Gasteiger partial charge in [0.2, 0.25) is 0 Å². The molecule has 10 nitrogen and oxygen atoms in total. The van der Waals surface area contributed by atoms with Crippen LogP contribution in [-0.4, -0.2) is 86.8 Å². The summed E-state index contributed by atoms with van der Waals surface area (Å²) in [7, 11) is -0.0265. The summed E-state index contributed by atoms with van der Waals surface area (Å²) in [6.45, 7) is 5.18. The highest BCUT2D eigenvalue weighted by molar-refractivity contribution is 7.99. The van der Waals surface area contributed by atoms with Gasteiger partial charge in [0.1, 0.15) is 12.4 Å². The Morgan fingerprint density at radius 2 is 1.65 bits per heavy atom. The fourth-order valence-electron chi connectivity index (χ4n) is 6.94. The first-order valence-electron chi connectivity index (χ1n) is 18.9. The highest BCUT2D eigenvalue weighted by atomic mass is 35.5. The van der Waals surface area contributed by atoms with Crippen LogP contribution in [0.5, 0.6) is 0 Å². The number of nitrogens with one attached hydrogen (secondary N) is 2. The van der Waals surface area contributed by atoms with Crippen LogP contribution in [-0.2, 0) is 16.6 Å². The summed E-state index contributed by atoms with van der Waals surface area (Å²) in [6.07, 6.45) is 2.22. The maximum Gasteiger partial charge on any atom is 0.263 e. The summed E-state index contributed by atoms with van der Waals surface area (Å²) >= 11 is 7.89. The van der Waals surface area contributed by atoms with Crippen LogP contribution in [0.15, 0.2) is 131 Å². The van der Waals surface area contributed by atoms with Crippen molar-refractivity contribution in [1.82, 2.24) is 19.8 Å². The van der Waals surface area contributed by atoms with Crippen molar-refractivity contribution < 1.29 is 8.42 Å². The molecule has 13 heteroatoms. The van der Waals surface area contributed by atoms with Gasteiger partial charge in [-0.15, -0.1) is 11.8 Å². The third kappa shape index (κ3) is 10.2. The maximum absolute atomic E-state index is 13.7. The molecule has 6 aromatic rings. The first-order chi connectivity index (χ1) is 27.6. The van der Waals surface area contributed by atoms with Gasteiger partial charge in [-0.25, -0.2) is 18.4 Å². The van der Waals surface area contributed by atoms with Gasteiger partial charge >= 0.3 is 0 Å². The minimum atomic E-state index is -4.09. The number of benzene rings is 5. The number of halogens is 1. The van der Waals surface area contributed by atoms with Crippen LogP contribution in [0.2, 0.25) is 5.02 Å². The molecule has 1 fully saturated rings. The van der Waals surface area contributed by atoms with E-state index in [2.05, 4.69) is 89.3 Å². The standard InChI is InChI=1S/C44H45ClN8O2S2/c1-51(2)21-20-36(30-56-38-9-4-3-5-10-38)49-42-19-17-39(26-34(42)28-46)57(54,55)50-44-41-18-16-37(27-43(41)47-31-48-44)53-24-22-52(23-25-53)29-33-8-6-7-11-40(33)32-12-14-35(45)15-13-32/h3-19,26-27,31,36,49H,20-25,29-30H2,1-2H3,(H,47,48,50). The van der Waals surface area contributed by atoms with Gasteiger partial charge in [-0.3, -0.25) is 9.62 Å². The third-order valence-electron chi connectivity index (χ3n) is 10.1. The first kappa shape index (κ1) is 40.1. The van der Waals surface area contributed by atoms with Crippen molar-refractivity contribution >= 4 is 61.5 Å². The predicted molar refractivity (Wildman–Crippen MR) is 234 cm³/mol. The quantitative estimate of drug-likeness (QED) is 0.0978. The lowest BCUT2D eigenvalue weighted by Gasteiger charge is -2.36. The van der Waals surface area contributed by atoms with Gasteiger partial charge in [-0.05, 0) is 104 Å². The van der Waals surface area contributed by atoms with E-state index in [0.717, 1.165) is 72.6 Å². The molecule has 0 bridgehead atoms. The van der Waals surface area contributed by atoms with Gasteiger partial charge < -0.3 is 15.1 Å². The summed E-state index contributed by atoms with van der Waals surface area (Å²) in [4.78, 5) is 16.9. The number of anilines is 3. The molecule has 5 aromatic carbocycles. The van der Waals surface area contributed by atoms with E-state index in [0.29, 0.717) is 16.6 Å². The summed E-state index contributed by atoms with van der Waals surface area (Å²) < 4.78 is 30.2. The summed E-state index contributed by atoms with van der Waals surface area (Å²) in [5.41, 5.74) is 6.14. The number of hydrogen-bond acceptors (Lipinski definition) is 10. The minimum Gasteiger partial charge on any atom is -0.380 e. The molecule has 7 rings (SSSR count). The Morgan fingerprint density at radius 1 is 0.895 bits per heavy atom. The Labute approximate surface area is 344 Å². The molecule has 0 amide bonds. The second kappa shape index (κ2) is 18.4. The SMILES string of the molecule is CN(C)CCC(CSc1ccccc1)Nc1ccc(S(=O)(=O)Nc2ncnc3cc(N4CCN(Cc5ccccc5-c5ccc(Cl)cc5)CC4)ccc23)cc1C#N. The van der Waals surface area contributed by atoms with Crippen molar-refractivity contribution in [3.63, 3.8) is 0 Å². The normalized spacial score (nSPS) is 14.1.